The van der Waals surface area contributed by atoms with E-state index in [0.29, 0.717) is 5.58 Å². The van der Waals surface area contributed by atoms with Crippen molar-refractivity contribution in [1.82, 2.24) is 5.43 Å². The third-order valence-corrected chi connectivity index (χ3v) is 6.02. The number of amides is 1. The zero-order chi connectivity index (χ0) is 20.4. The Hall–Kier alpha value is -1.91. The highest BCUT2D eigenvalue weighted by Gasteiger charge is 2.14. The van der Waals surface area contributed by atoms with Crippen LogP contribution in [0.5, 0.6) is 0 Å². The lowest BCUT2D eigenvalue weighted by atomic mass is 10.1. The topological polar surface area (TPSA) is 67.1 Å². The second-order valence-electron chi connectivity index (χ2n) is 6.76. The quantitative estimate of drug-likeness (QED) is 0.282. The van der Waals surface area contributed by atoms with E-state index in [-0.39, 0.29) is 11.7 Å². The van der Waals surface area contributed by atoms with Gasteiger partial charge in [0.25, 0.3) is 0 Å². The third-order valence-electron chi connectivity index (χ3n) is 4.76. The number of fused-ring (bicyclic) bond motifs is 1. The van der Waals surface area contributed by atoms with E-state index in [1.807, 2.05) is 25.1 Å². The van der Waals surface area contributed by atoms with E-state index >= 15 is 0 Å². The zero-order valence-electron chi connectivity index (χ0n) is 15.7. The number of morpholine rings is 1. The number of carbonyl (C=O) groups excluding carboxylic acids is 1. The molecule has 1 aliphatic rings. The number of halogens is 2. The first-order valence-corrected chi connectivity index (χ1v) is 11.0. The normalized spacial score (nSPS) is 14.7. The van der Waals surface area contributed by atoms with Crippen molar-refractivity contribution in [3.8, 4) is 0 Å². The molecule has 0 atom stereocenters. The number of aryl methyl sites for hydroxylation is 1. The fourth-order valence-electron chi connectivity index (χ4n) is 3.23. The largest absolute Gasteiger partial charge is 0.450 e. The minimum absolute atomic E-state index is 0.229. The molecule has 0 unspecified atom stereocenters. The molecular weight excluding hydrogens is 549 g/mol. The molecule has 8 heteroatoms. The number of hydrogen-bond donors (Lipinski definition) is 1. The third kappa shape index (κ3) is 4.65. The standard InChI is InChI=1S/C21H19BrIN3O3/c1-13-8-17(26-4-6-28-7-5-26)3-2-14(13)12-24-25-21(27)19-10-15-9-16(22)11-18(23)20(15)29-19/h2-3,8-12H,4-7H2,1H3,(H,25,27)/b24-12-. The molecule has 1 saturated heterocycles. The van der Waals surface area contributed by atoms with Gasteiger partial charge in [0, 0.05) is 28.6 Å². The van der Waals surface area contributed by atoms with E-state index in [1.54, 1.807) is 12.3 Å². The summed E-state index contributed by atoms with van der Waals surface area (Å²) in [6, 6.07) is 11.8. The highest BCUT2D eigenvalue weighted by atomic mass is 127. The Morgan fingerprint density at radius 2 is 2.03 bits per heavy atom. The van der Waals surface area contributed by atoms with E-state index < -0.39 is 0 Å². The SMILES string of the molecule is Cc1cc(N2CCOCC2)ccc1/C=N\NC(=O)c1cc2cc(Br)cc(I)c2o1. The zero-order valence-corrected chi connectivity index (χ0v) is 19.5. The Labute approximate surface area is 190 Å². The number of hydrogen-bond acceptors (Lipinski definition) is 5. The van der Waals surface area contributed by atoms with Gasteiger partial charge >= 0.3 is 5.91 Å². The summed E-state index contributed by atoms with van der Waals surface area (Å²) in [7, 11) is 0. The highest BCUT2D eigenvalue weighted by molar-refractivity contribution is 14.1. The minimum Gasteiger partial charge on any atom is -0.450 e. The van der Waals surface area contributed by atoms with Crippen molar-refractivity contribution in [3.05, 3.63) is 61.3 Å². The second kappa shape index (κ2) is 8.85. The molecular formula is C21H19BrIN3O3. The average molecular weight is 568 g/mol. The lowest BCUT2D eigenvalue weighted by Crippen LogP contribution is -2.36. The Balaban J connectivity index is 1.44. The Morgan fingerprint density at radius 3 is 2.79 bits per heavy atom. The number of furan rings is 1. The lowest BCUT2D eigenvalue weighted by molar-refractivity contribution is 0.0929. The number of benzene rings is 2. The van der Waals surface area contributed by atoms with Crippen LogP contribution in [0.1, 0.15) is 21.7 Å². The summed E-state index contributed by atoms with van der Waals surface area (Å²) in [4.78, 5) is 14.7. The van der Waals surface area contributed by atoms with Gasteiger partial charge in [0.05, 0.1) is 23.0 Å². The van der Waals surface area contributed by atoms with Gasteiger partial charge < -0.3 is 14.1 Å². The summed E-state index contributed by atoms with van der Waals surface area (Å²) in [6.07, 6.45) is 1.65. The maximum absolute atomic E-state index is 12.4. The van der Waals surface area contributed by atoms with Crippen LogP contribution < -0.4 is 10.3 Å². The van der Waals surface area contributed by atoms with Gasteiger partial charge in [-0.1, -0.05) is 22.0 Å². The summed E-state index contributed by atoms with van der Waals surface area (Å²) in [5.74, 6) is -0.153. The van der Waals surface area contributed by atoms with Gasteiger partial charge in [-0.15, -0.1) is 0 Å². The first-order chi connectivity index (χ1) is 14.0. The number of nitrogens with zero attached hydrogens (tertiary/aromatic N) is 2. The average Bonchev–Trinajstić information content (AvgIpc) is 3.14. The van der Waals surface area contributed by atoms with Crippen LogP contribution in [0.4, 0.5) is 5.69 Å². The van der Waals surface area contributed by atoms with Gasteiger partial charge in [-0.3, -0.25) is 4.79 Å². The first kappa shape index (κ1) is 20.4. The van der Waals surface area contributed by atoms with Crippen LogP contribution in [-0.4, -0.2) is 38.4 Å². The maximum Gasteiger partial charge on any atom is 0.307 e. The predicted octanol–water partition coefficient (Wildman–Crippen LogP) is 4.71. The Bertz CT molecular complexity index is 1090. The molecule has 2 aromatic carbocycles. The van der Waals surface area contributed by atoms with Gasteiger partial charge in [0.15, 0.2) is 5.76 Å². The molecule has 0 spiro atoms. The molecule has 4 rings (SSSR count). The van der Waals surface area contributed by atoms with Crippen LogP contribution >= 0.6 is 38.5 Å². The van der Waals surface area contributed by atoms with Crippen molar-refractivity contribution in [2.24, 2.45) is 5.10 Å². The number of carbonyl (C=O) groups is 1. The Kier molecular flexibility index (Phi) is 6.21. The summed E-state index contributed by atoms with van der Waals surface area (Å²) >= 11 is 5.64. The first-order valence-electron chi connectivity index (χ1n) is 9.16. The Morgan fingerprint density at radius 1 is 1.24 bits per heavy atom. The molecule has 1 fully saturated rings. The molecule has 1 aliphatic heterocycles. The van der Waals surface area contributed by atoms with Crippen molar-refractivity contribution in [2.45, 2.75) is 6.92 Å². The number of rotatable bonds is 4. The number of nitrogens with one attached hydrogen (secondary N) is 1. The summed E-state index contributed by atoms with van der Waals surface area (Å²) in [5.41, 5.74) is 6.45. The van der Waals surface area contributed by atoms with Crippen LogP contribution in [0.3, 0.4) is 0 Å². The van der Waals surface area contributed by atoms with E-state index in [1.165, 1.54) is 5.69 Å². The number of hydrazone groups is 1. The molecule has 0 aliphatic carbocycles. The van der Waals surface area contributed by atoms with Crippen LogP contribution in [0, 0.1) is 10.5 Å². The van der Waals surface area contributed by atoms with Gasteiger partial charge in [-0.05, 0) is 71.0 Å². The monoisotopic (exact) mass is 567 g/mol. The minimum atomic E-state index is -0.382. The smallest absolute Gasteiger partial charge is 0.307 e. The van der Waals surface area contributed by atoms with Crippen LogP contribution in [0.15, 0.2) is 50.4 Å². The summed E-state index contributed by atoms with van der Waals surface area (Å²) < 4.78 is 13.0. The number of anilines is 1. The van der Waals surface area contributed by atoms with Crippen LogP contribution in [0.25, 0.3) is 11.0 Å². The molecule has 2 heterocycles. The van der Waals surface area contributed by atoms with E-state index in [2.05, 4.69) is 66.1 Å². The fourth-order valence-corrected chi connectivity index (χ4v) is 4.89. The summed E-state index contributed by atoms with van der Waals surface area (Å²) in [6.45, 7) is 5.34. The fraction of sp³-hybridized carbons (Fsp3) is 0.238. The molecule has 6 nitrogen and oxygen atoms in total. The molecule has 3 aromatic rings. The van der Waals surface area contributed by atoms with Gasteiger partial charge in [0.1, 0.15) is 5.58 Å². The van der Waals surface area contributed by atoms with Crippen molar-refractivity contribution < 1.29 is 13.9 Å². The second-order valence-corrected chi connectivity index (χ2v) is 8.83. The van der Waals surface area contributed by atoms with Crippen molar-refractivity contribution >= 4 is 67.3 Å². The molecule has 0 bridgehead atoms. The molecule has 1 aromatic heterocycles. The van der Waals surface area contributed by atoms with E-state index in [0.717, 1.165) is 50.9 Å². The van der Waals surface area contributed by atoms with Crippen LogP contribution in [-0.2, 0) is 4.74 Å². The van der Waals surface area contributed by atoms with Gasteiger partial charge in [-0.2, -0.15) is 5.10 Å². The van der Waals surface area contributed by atoms with Gasteiger partial charge in [-0.25, -0.2) is 5.43 Å². The molecule has 0 saturated carbocycles. The van der Waals surface area contributed by atoms with E-state index in [9.17, 15) is 4.79 Å². The van der Waals surface area contributed by atoms with Gasteiger partial charge in [0.2, 0.25) is 0 Å². The molecule has 150 valence electrons. The number of ether oxygens (including phenoxy) is 1. The van der Waals surface area contributed by atoms with Crippen molar-refractivity contribution in [3.63, 3.8) is 0 Å². The lowest BCUT2D eigenvalue weighted by Gasteiger charge is -2.29. The van der Waals surface area contributed by atoms with Crippen molar-refractivity contribution in [2.75, 3.05) is 31.2 Å². The molecule has 0 radical (unpaired) electrons. The van der Waals surface area contributed by atoms with Crippen LogP contribution in [0.2, 0.25) is 0 Å². The molecule has 1 amide bonds. The molecule has 29 heavy (non-hydrogen) atoms. The highest BCUT2D eigenvalue weighted by Crippen LogP contribution is 2.28. The maximum atomic E-state index is 12.4. The predicted molar refractivity (Wildman–Crippen MR) is 126 cm³/mol. The van der Waals surface area contributed by atoms with E-state index in [4.69, 9.17) is 9.15 Å². The molecule has 1 N–H and O–H groups in total. The van der Waals surface area contributed by atoms with Crippen molar-refractivity contribution in [1.29, 1.82) is 0 Å². The summed E-state index contributed by atoms with van der Waals surface area (Å²) in [5, 5.41) is 4.97.